The second kappa shape index (κ2) is 14.7. The molecule has 0 aromatic heterocycles. The highest BCUT2D eigenvalue weighted by molar-refractivity contribution is 7.80. The highest BCUT2D eigenvalue weighted by Crippen LogP contribution is 1.59. The Morgan fingerprint density at radius 2 is 0.688 bits per heavy atom. The van der Waals surface area contributed by atoms with E-state index in [1.807, 2.05) is 0 Å². The van der Waals surface area contributed by atoms with Crippen LogP contribution in [0.4, 0.5) is 0 Å². The molecule has 6 N–H and O–H groups in total. The predicted octanol–water partition coefficient (Wildman–Crippen LogP) is -1.31. The molecule has 0 aromatic rings. The van der Waals surface area contributed by atoms with Crippen molar-refractivity contribution in [2.75, 3.05) is 13.2 Å². The fourth-order valence-electron chi connectivity index (χ4n) is 0. The topological polar surface area (TPSA) is 190 Å². The summed E-state index contributed by atoms with van der Waals surface area (Å²) in [5.74, 6) is 0. The van der Waals surface area contributed by atoms with Gasteiger partial charge in [-0.05, 0) is 13.8 Å². The smallest absolute Gasteiger partial charge is 0.394 e. The Labute approximate surface area is 93.7 Å². The first kappa shape index (κ1) is 24.8. The van der Waals surface area contributed by atoms with E-state index in [-0.39, 0.29) is 13.2 Å². The third-order valence-corrected chi connectivity index (χ3v) is 0. The lowest BCUT2D eigenvalue weighted by Gasteiger charge is -1.68. The predicted molar refractivity (Wildman–Crippen MR) is 53.9 cm³/mol. The van der Waals surface area contributed by atoms with Gasteiger partial charge in [0.2, 0.25) is 0 Å². The summed E-state index contributed by atoms with van der Waals surface area (Å²) in [6, 6.07) is 0. The molecule has 0 aromatic carbocycles. The highest BCUT2D eigenvalue weighted by Gasteiger charge is 1.85. The molecule has 0 atom stereocenters. The van der Waals surface area contributed by atoms with Crippen LogP contribution in [-0.4, -0.2) is 58.5 Å². The minimum atomic E-state index is -4.67. The largest absolute Gasteiger partial charge is 0.397 e. The standard InChI is InChI=1S/2C2H6O.2H2O4S/c2*1-2-3;2*1-5(2,3)4/h2*3H,2H2,1H3;2*(H2,1,2,3,4). The Morgan fingerprint density at radius 3 is 0.688 bits per heavy atom. The fraction of sp³-hybridized carbons (Fsp3) is 1.00. The van der Waals surface area contributed by atoms with Gasteiger partial charge < -0.3 is 10.2 Å². The van der Waals surface area contributed by atoms with E-state index in [0.717, 1.165) is 0 Å². The van der Waals surface area contributed by atoms with Crippen LogP contribution in [0.5, 0.6) is 0 Å². The average Bonchev–Trinajstić information content (AvgIpc) is 1.79. The zero-order valence-electron chi connectivity index (χ0n) is 8.55. The molecule has 0 heterocycles. The van der Waals surface area contributed by atoms with Gasteiger partial charge in [-0.1, -0.05) is 0 Å². The van der Waals surface area contributed by atoms with Crippen molar-refractivity contribution in [1.82, 2.24) is 0 Å². The van der Waals surface area contributed by atoms with E-state index in [0.29, 0.717) is 0 Å². The zero-order valence-corrected chi connectivity index (χ0v) is 10.2. The lowest BCUT2D eigenvalue weighted by molar-refractivity contribution is 0.318. The Balaban J connectivity index is -0.0000000621. The minimum absolute atomic E-state index is 0.250. The van der Waals surface area contributed by atoms with Crippen LogP contribution in [0.25, 0.3) is 0 Å². The van der Waals surface area contributed by atoms with Gasteiger partial charge in [0.05, 0.1) is 0 Å². The van der Waals surface area contributed by atoms with Crippen LogP contribution in [0.1, 0.15) is 13.8 Å². The van der Waals surface area contributed by atoms with E-state index in [2.05, 4.69) is 0 Å². The van der Waals surface area contributed by atoms with Crippen molar-refractivity contribution in [1.29, 1.82) is 0 Å². The quantitative estimate of drug-likeness (QED) is 0.292. The molecule has 0 rings (SSSR count). The van der Waals surface area contributed by atoms with Gasteiger partial charge in [0.25, 0.3) is 0 Å². The molecule has 0 saturated carbocycles. The molecule has 0 aliphatic carbocycles. The average molecular weight is 288 g/mol. The molecular weight excluding hydrogens is 272 g/mol. The van der Waals surface area contributed by atoms with Gasteiger partial charge in [-0.25, -0.2) is 0 Å². The number of hydrogen-bond acceptors (Lipinski definition) is 6. The maximum Gasteiger partial charge on any atom is 0.394 e. The summed E-state index contributed by atoms with van der Waals surface area (Å²) in [5, 5.41) is 15.1. The first-order valence-electron chi connectivity index (χ1n) is 3.44. The number of rotatable bonds is 0. The molecule has 0 spiro atoms. The van der Waals surface area contributed by atoms with Crippen molar-refractivity contribution in [3.8, 4) is 0 Å². The van der Waals surface area contributed by atoms with E-state index >= 15 is 0 Å². The molecule has 16 heavy (non-hydrogen) atoms. The molecule has 0 saturated heterocycles. The summed E-state index contributed by atoms with van der Waals surface area (Å²) in [4.78, 5) is 0. The van der Waals surface area contributed by atoms with Crippen LogP contribution in [0, 0.1) is 0 Å². The summed E-state index contributed by atoms with van der Waals surface area (Å²) in [6.07, 6.45) is 0. The maximum atomic E-state index is 8.74. The molecule has 0 fully saturated rings. The first-order valence-corrected chi connectivity index (χ1v) is 6.24. The molecule has 12 heteroatoms. The van der Waals surface area contributed by atoms with Gasteiger partial charge in [-0.15, -0.1) is 0 Å². The summed E-state index contributed by atoms with van der Waals surface area (Å²) in [7, 11) is -9.33. The number of aliphatic hydroxyl groups is 2. The first-order chi connectivity index (χ1) is 6.83. The van der Waals surface area contributed by atoms with Gasteiger partial charge in [0.1, 0.15) is 0 Å². The van der Waals surface area contributed by atoms with Crippen LogP contribution in [-0.2, 0) is 20.8 Å². The van der Waals surface area contributed by atoms with Crippen LogP contribution in [0.3, 0.4) is 0 Å². The second-order valence-corrected chi connectivity index (χ2v) is 3.32. The summed E-state index contributed by atoms with van der Waals surface area (Å²) < 4.78 is 63.2. The maximum absolute atomic E-state index is 8.74. The Morgan fingerprint density at radius 1 is 0.688 bits per heavy atom. The van der Waals surface area contributed by atoms with E-state index in [9.17, 15) is 0 Å². The number of hydrogen-bond donors (Lipinski definition) is 6. The third-order valence-electron chi connectivity index (χ3n) is 0. The van der Waals surface area contributed by atoms with Crippen molar-refractivity contribution < 1.29 is 45.3 Å². The highest BCUT2D eigenvalue weighted by atomic mass is 32.3. The van der Waals surface area contributed by atoms with Crippen molar-refractivity contribution in [2.24, 2.45) is 0 Å². The minimum Gasteiger partial charge on any atom is -0.397 e. The molecule has 0 aliphatic heterocycles. The van der Waals surface area contributed by atoms with Crippen LogP contribution < -0.4 is 0 Å². The third kappa shape index (κ3) is 18900. The molecule has 10 nitrogen and oxygen atoms in total. The van der Waals surface area contributed by atoms with Gasteiger partial charge in [0, 0.05) is 13.2 Å². The van der Waals surface area contributed by atoms with E-state index in [1.165, 1.54) is 0 Å². The molecule has 0 aliphatic rings. The van der Waals surface area contributed by atoms with E-state index in [4.69, 9.17) is 45.3 Å². The number of aliphatic hydroxyl groups excluding tert-OH is 2. The van der Waals surface area contributed by atoms with Gasteiger partial charge >= 0.3 is 20.8 Å². The normalized spacial score (nSPS) is 9.50. The summed E-state index contributed by atoms with van der Waals surface area (Å²) in [5.41, 5.74) is 0. The van der Waals surface area contributed by atoms with Crippen molar-refractivity contribution >= 4 is 20.8 Å². The molecule has 0 radical (unpaired) electrons. The van der Waals surface area contributed by atoms with E-state index in [1.54, 1.807) is 13.8 Å². The lowest BCUT2D eigenvalue weighted by atomic mass is 10.9. The monoisotopic (exact) mass is 288 g/mol. The summed E-state index contributed by atoms with van der Waals surface area (Å²) >= 11 is 0. The van der Waals surface area contributed by atoms with Crippen LogP contribution in [0.2, 0.25) is 0 Å². The zero-order chi connectivity index (χ0) is 14.4. The van der Waals surface area contributed by atoms with Gasteiger partial charge in [-0.2, -0.15) is 16.8 Å². The molecule has 0 bridgehead atoms. The fourth-order valence-corrected chi connectivity index (χ4v) is 0. The molecule has 0 amide bonds. The Hall–Kier alpha value is -0.340. The SMILES string of the molecule is CCO.CCO.O=S(=O)(O)O.O=S(=O)(O)O. The van der Waals surface area contributed by atoms with Crippen molar-refractivity contribution in [2.45, 2.75) is 13.8 Å². The Kier molecular flexibility index (Phi) is 22.7. The lowest BCUT2D eigenvalue weighted by Crippen LogP contribution is -1.89. The van der Waals surface area contributed by atoms with Crippen molar-refractivity contribution in [3.05, 3.63) is 0 Å². The van der Waals surface area contributed by atoms with Gasteiger partial charge in [-0.3, -0.25) is 18.2 Å². The van der Waals surface area contributed by atoms with E-state index < -0.39 is 20.8 Å². The Bertz CT molecular complexity index is 241. The molecular formula is C4H16O10S2. The van der Waals surface area contributed by atoms with Crippen LogP contribution in [0.15, 0.2) is 0 Å². The van der Waals surface area contributed by atoms with Gasteiger partial charge in [0.15, 0.2) is 0 Å². The molecule has 0 unspecified atom stereocenters. The second-order valence-electron chi connectivity index (χ2n) is 1.53. The van der Waals surface area contributed by atoms with Crippen molar-refractivity contribution in [3.63, 3.8) is 0 Å². The molecule has 104 valence electrons. The van der Waals surface area contributed by atoms with Crippen LogP contribution >= 0.6 is 0 Å². The summed E-state index contributed by atoms with van der Waals surface area (Å²) in [6.45, 7) is 3.86.